The fourth-order valence-corrected chi connectivity index (χ4v) is 5.43. The van der Waals surface area contributed by atoms with Gasteiger partial charge >= 0.3 is 0 Å². The molecule has 1 amide bonds. The third-order valence-electron chi connectivity index (χ3n) is 4.13. The van der Waals surface area contributed by atoms with Gasteiger partial charge in [0.05, 0.1) is 10.7 Å². The molecule has 25 heavy (non-hydrogen) atoms. The Morgan fingerprint density at radius 1 is 1.28 bits per heavy atom. The number of aromatic nitrogens is 1. The summed E-state index contributed by atoms with van der Waals surface area (Å²) in [6.07, 6.45) is 1.67. The summed E-state index contributed by atoms with van der Waals surface area (Å²) in [6.45, 7) is 4.75. The molecule has 2 aromatic rings. The van der Waals surface area contributed by atoms with Gasteiger partial charge in [0.25, 0.3) is 5.91 Å². The van der Waals surface area contributed by atoms with Crippen LogP contribution in [0, 0.1) is 13.8 Å². The quantitative estimate of drug-likeness (QED) is 0.853. The van der Waals surface area contributed by atoms with Crippen LogP contribution >= 0.6 is 22.9 Å². The minimum Gasteiger partial charge on any atom is -0.298 e. The van der Waals surface area contributed by atoms with Gasteiger partial charge in [-0.2, -0.15) is 4.31 Å². The minimum atomic E-state index is -3.69. The molecule has 1 aliphatic heterocycles. The number of nitrogens with one attached hydrogen (secondary N) is 1. The van der Waals surface area contributed by atoms with Crippen molar-refractivity contribution < 1.29 is 13.2 Å². The van der Waals surface area contributed by atoms with Gasteiger partial charge in [0.1, 0.15) is 4.90 Å². The van der Waals surface area contributed by atoms with Gasteiger partial charge < -0.3 is 0 Å². The summed E-state index contributed by atoms with van der Waals surface area (Å²) in [7, 11) is -3.69. The molecule has 0 radical (unpaired) electrons. The van der Waals surface area contributed by atoms with Crippen LogP contribution in [0.3, 0.4) is 0 Å². The zero-order chi connectivity index (χ0) is 18.2. The number of benzene rings is 1. The van der Waals surface area contributed by atoms with E-state index in [1.54, 1.807) is 0 Å². The Kier molecular flexibility index (Phi) is 5.15. The highest BCUT2D eigenvalue weighted by atomic mass is 35.5. The van der Waals surface area contributed by atoms with Crippen molar-refractivity contribution in [3.8, 4) is 0 Å². The van der Waals surface area contributed by atoms with Crippen molar-refractivity contribution in [2.75, 3.05) is 18.4 Å². The smallest absolute Gasteiger partial charge is 0.257 e. The number of hydrogen-bond donors (Lipinski definition) is 1. The largest absolute Gasteiger partial charge is 0.298 e. The number of sulfonamides is 1. The standard InChI is InChI=1S/C16H18ClN3O3S2/c1-10-11(2)24-16(18-10)19-15(21)12-5-6-13(17)14(9-12)25(22,23)20-7-3-4-8-20/h5-6,9H,3-4,7-8H2,1-2H3,(H,18,19,21). The summed E-state index contributed by atoms with van der Waals surface area (Å²) in [5, 5.41) is 3.30. The maximum Gasteiger partial charge on any atom is 0.257 e. The van der Waals surface area contributed by atoms with Crippen LogP contribution in [0.4, 0.5) is 5.13 Å². The van der Waals surface area contributed by atoms with Crippen LogP contribution in [-0.4, -0.2) is 36.7 Å². The zero-order valence-corrected chi connectivity index (χ0v) is 16.3. The predicted molar refractivity (Wildman–Crippen MR) is 99.0 cm³/mol. The van der Waals surface area contributed by atoms with Gasteiger partial charge in [-0.1, -0.05) is 11.6 Å². The molecule has 3 rings (SSSR count). The lowest BCUT2D eigenvalue weighted by molar-refractivity contribution is 0.102. The minimum absolute atomic E-state index is 0.0322. The summed E-state index contributed by atoms with van der Waals surface area (Å²) in [5.41, 5.74) is 1.08. The van der Waals surface area contributed by atoms with E-state index in [2.05, 4.69) is 10.3 Å². The first-order valence-corrected chi connectivity index (χ1v) is 10.5. The maximum atomic E-state index is 12.7. The first-order valence-electron chi connectivity index (χ1n) is 7.84. The molecule has 0 saturated carbocycles. The number of rotatable bonds is 4. The topological polar surface area (TPSA) is 79.4 Å². The monoisotopic (exact) mass is 399 g/mol. The van der Waals surface area contributed by atoms with E-state index in [4.69, 9.17) is 11.6 Å². The lowest BCUT2D eigenvalue weighted by Crippen LogP contribution is -2.28. The maximum absolute atomic E-state index is 12.7. The molecule has 0 spiro atoms. The van der Waals surface area contributed by atoms with Crippen LogP contribution < -0.4 is 5.32 Å². The number of aryl methyl sites for hydroxylation is 2. The molecule has 1 aromatic carbocycles. The molecule has 6 nitrogen and oxygen atoms in total. The van der Waals surface area contributed by atoms with Crippen LogP contribution in [-0.2, 0) is 10.0 Å². The van der Waals surface area contributed by atoms with Crippen molar-refractivity contribution in [3.05, 3.63) is 39.4 Å². The number of carbonyl (C=O) groups is 1. The molecule has 0 atom stereocenters. The van der Waals surface area contributed by atoms with Gasteiger partial charge in [0, 0.05) is 23.5 Å². The second-order valence-corrected chi connectivity index (χ2v) is 9.39. The van der Waals surface area contributed by atoms with Gasteiger partial charge in [-0.25, -0.2) is 13.4 Å². The molecular formula is C16H18ClN3O3S2. The predicted octanol–water partition coefficient (Wildman–Crippen LogP) is 3.45. The van der Waals surface area contributed by atoms with Gasteiger partial charge in [-0.05, 0) is 44.9 Å². The Labute approximate surface area is 155 Å². The first kappa shape index (κ1) is 18.3. The van der Waals surface area contributed by atoms with Crippen LogP contribution in [0.1, 0.15) is 33.8 Å². The number of nitrogens with zero attached hydrogens (tertiary/aromatic N) is 2. The highest BCUT2D eigenvalue weighted by Crippen LogP contribution is 2.29. The lowest BCUT2D eigenvalue weighted by atomic mass is 10.2. The second-order valence-electron chi connectivity index (χ2n) is 5.87. The summed E-state index contributed by atoms with van der Waals surface area (Å²) >= 11 is 7.48. The highest BCUT2D eigenvalue weighted by molar-refractivity contribution is 7.89. The number of hydrogen-bond acceptors (Lipinski definition) is 5. The molecule has 1 aromatic heterocycles. The third-order valence-corrected chi connectivity index (χ3v) is 7.49. The summed E-state index contributed by atoms with van der Waals surface area (Å²) in [5.74, 6) is -0.414. The Morgan fingerprint density at radius 3 is 2.56 bits per heavy atom. The van der Waals surface area contributed by atoms with Gasteiger partial charge in [0.2, 0.25) is 10.0 Å². The van der Waals surface area contributed by atoms with Crippen LogP contribution in [0.25, 0.3) is 0 Å². The molecular weight excluding hydrogens is 382 g/mol. The number of anilines is 1. The van der Waals surface area contributed by atoms with Crippen molar-refractivity contribution in [1.29, 1.82) is 0 Å². The van der Waals surface area contributed by atoms with E-state index >= 15 is 0 Å². The fourth-order valence-electron chi connectivity index (χ4n) is 2.61. The zero-order valence-electron chi connectivity index (χ0n) is 13.9. The number of halogens is 1. The van der Waals surface area contributed by atoms with E-state index < -0.39 is 15.9 Å². The van der Waals surface area contributed by atoms with Gasteiger partial charge in [0.15, 0.2) is 5.13 Å². The molecule has 0 aliphatic carbocycles. The molecule has 0 bridgehead atoms. The molecule has 134 valence electrons. The molecule has 9 heteroatoms. The molecule has 0 unspecified atom stereocenters. The number of amides is 1. The number of carbonyl (C=O) groups excluding carboxylic acids is 1. The van der Waals surface area contributed by atoms with E-state index in [1.807, 2.05) is 13.8 Å². The van der Waals surface area contributed by atoms with Crippen LogP contribution in [0.5, 0.6) is 0 Å². The normalized spacial score (nSPS) is 15.5. The molecule has 1 N–H and O–H groups in total. The summed E-state index contributed by atoms with van der Waals surface area (Å²) in [4.78, 5) is 17.7. The van der Waals surface area contributed by atoms with Crippen molar-refractivity contribution in [1.82, 2.24) is 9.29 Å². The van der Waals surface area contributed by atoms with E-state index in [9.17, 15) is 13.2 Å². The fraction of sp³-hybridized carbons (Fsp3) is 0.375. The van der Waals surface area contributed by atoms with Crippen LogP contribution in [0.15, 0.2) is 23.1 Å². The van der Waals surface area contributed by atoms with Crippen molar-refractivity contribution in [2.24, 2.45) is 0 Å². The first-order chi connectivity index (χ1) is 11.8. The third kappa shape index (κ3) is 3.72. The average Bonchev–Trinajstić information content (AvgIpc) is 3.19. The Balaban J connectivity index is 1.89. The molecule has 2 heterocycles. The van der Waals surface area contributed by atoms with E-state index in [-0.39, 0.29) is 15.5 Å². The van der Waals surface area contributed by atoms with E-state index in [0.29, 0.717) is 18.2 Å². The Bertz CT molecular complexity index is 899. The van der Waals surface area contributed by atoms with Crippen molar-refractivity contribution in [2.45, 2.75) is 31.6 Å². The van der Waals surface area contributed by atoms with Crippen molar-refractivity contribution >= 4 is 44.0 Å². The number of thiazole rings is 1. The van der Waals surface area contributed by atoms with Gasteiger partial charge in [-0.3, -0.25) is 10.1 Å². The SMILES string of the molecule is Cc1nc(NC(=O)c2ccc(Cl)c(S(=O)(=O)N3CCCC3)c2)sc1C. The highest BCUT2D eigenvalue weighted by Gasteiger charge is 2.29. The Hall–Kier alpha value is -1.48. The van der Waals surface area contributed by atoms with E-state index in [1.165, 1.54) is 33.8 Å². The summed E-state index contributed by atoms with van der Waals surface area (Å²) in [6, 6.07) is 4.28. The molecule has 1 aliphatic rings. The van der Waals surface area contributed by atoms with Crippen LogP contribution in [0.2, 0.25) is 5.02 Å². The van der Waals surface area contributed by atoms with E-state index in [0.717, 1.165) is 23.4 Å². The average molecular weight is 400 g/mol. The lowest BCUT2D eigenvalue weighted by Gasteiger charge is -2.17. The second kappa shape index (κ2) is 7.03. The summed E-state index contributed by atoms with van der Waals surface area (Å²) < 4.78 is 26.9. The Morgan fingerprint density at radius 2 is 1.96 bits per heavy atom. The molecule has 1 fully saturated rings. The van der Waals surface area contributed by atoms with Gasteiger partial charge in [-0.15, -0.1) is 11.3 Å². The molecule has 1 saturated heterocycles. The van der Waals surface area contributed by atoms with Crippen molar-refractivity contribution in [3.63, 3.8) is 0 Å².